The molecule has 1 unspecified atom stereocenters. The van der Waals surface area contributed by atoms with Crippen LogP contribution >= 0.6 is 0 Å². The Kier molecular flexibility index (Phi) is 8.33. The van der Waals surface area contributed by atoms with Crippen molar-refractivity contribution in [1.29, 1.82) is 0 Å². The van der Waals surface area contributed by atoms with Crippen molar-refractivity contribution < 1.29 is 0 Å². The Hall–Kier alpha value is -0.810. The van der Waals surface area contributed by atoms with Crippen molar-refractivity contribution in [2.45, 2.75) is 77.9 Å². The molecule has 0 aliphatic carbocycles. The summed E-state index contributed by atoms with van der Waals surface area (Å²) in [6, 6.07) is 1.83. The Morgan fingerprint density at radius 1 is 1.04 bits per heavy atom. The van der Waals surface area contributed by atoms with Crippen molar-refractivity contribution in [3.05, 3.63) is 0 Å². The van der Waals surface area contributed by atoms with Gasteiger partial charge in [-0.1, -0.05) is 6.92 Å². The number of piperidine rings is 1. The molecule has 2 aliphatic rings. The molecule has 2 saturated heterocycles. The first-order chi connectivity index (χ1) is 11.6. The number of nitrogens with zero attached hydrogens (tertiary/aromatic N) is 3. The lowest BCUT2D eigenvalue weighted by atomic mass is 10.0. The highest BCUT2D eigenvalue weighted by molar-refractivity contribution is 5.80. The molecule has 0 aromatic rings. The Balaban J connectivity index is 1.84. The van der Waals surface area contributed by atoms with Crippen molar-refractivity contribution >= 4 is 5.96 Å². The van der Waals surface area contributed by atoms with Crippen LogP contribution in [0.1, 0.15) is 59.8 Å². The lowest BCUT2D eigenvalue weighted by Gasteiger charge is -2.35. The molecular weight excluding hydrogens is 298 g/mol. The van der Waals surface area contributed by atoms with Crippen molar-refractivity contribution in [2.24, 2.45) is 4.99 Å². The van der Waals surface area contributed by atoms with E-state index in [2.05, 4.69) is 48.1 Å². The van der Waals surface area contributed by atoms with Crippen LogP contribution in [0.2, 0.25) is 0 Å². The third kappa shape index (κ3) is 5.92. The Morgan fingerprint density at radius 2 is 1.71 bits per heavy atom. The van der Waals surface area contributed by atoms with E-state index in [-0.39, 0.29) is 0 Å². The second kappa shape index (κ2) is 10.2. The summed E-state index contributed by atoms with van der Waals surface area (Å²) >= 11 is 0. The molecule has 2 N–H and O–H groups in total. The largest absolute Gasteiger partial charge is 0.357 e. The van der Waals surface area contributed by atoms with E-state index < -0.39 is 0 Å². The van der Waals surface area contributed by atoms with Gasteiger partial charge in [-0.2, -0.15) is 0 Å². The Labute approximate surface area is 149 Å². The highest BCUT2D eigenvalue weighted by Crippen LogP contribution is 2.15. The molecule has 2 fully saturated rings. The van der Waals surface area contributed by atoms with Gasteiger partial charge in [-0.3, -0.25) is 9.89 Å². The molecule has 140 valence electrons. The highest BCUT2D eigenvalue weighted by atomic mass is 15.2. The molecule has 2 aliphatic heterocycles. The van der Waals surface area contributed by atoms with E-state index in [1.165, 1.54) is 58.3 Å². The number of hydrogen-bond acceptors (Lipinski definition) is 3. The van der Waals surface area contributed by atoms with Gasteiger partial charge in [0, 0.05) is 37.8 Å². The molecule has 2 heterocycles. The van der Waals surface area contributed by atoms with Crippen LogP contribution in [0.5, 0.6) is 0 Å². The number of hydrogen-bond donors (Lipinski definition) is 2. The normalized spacial score (nSPS) is 23.0. The summed E-state index contributed by atoms with van der Waals surface area (Å²) in [5, 5.41) is 7.12. The molecule has 24 heavy (non-hydrogen) atoms. The standard InChI is InChI=1S/C19H39N5/c1-5-18(24-11-7-8-12-24)15-21-19(20-6-2)22-17-9-13-23(14-10-17)16(3)4/h16-18H,5-15H2,1-4H3,(H2,20,21,22). The Bertz CT molecular complexity index is 368. The molecule has 0 bridgehead atoms. The topological polar surface area (TPSA) is 42.9 Å². The molecular formula is C19H39N5. The zero-order valence-corrected chi connectivity index (χ0v) is 16.4. The number of nitrogens with one attached hydrogen (secondary N) is 2. The predicted octanol–water partition coefficient (Wildman–Crippen LogP) is 2.29. The number of likely N-dealkylation sites (tertiary alicyclic amines) is 2. The fourth-order valence-corrected chi connectivity index (χ4v) is 3.88. The van der Waals surface area contributed by atoms with Gasteiger partial charge in [-0.05, 0) is 66.0 Å². The van der Waals surface area contributed by atoms with Crippen molar-refractivity contribution in [2.75, 3.05) is 39.3 Å². The van der Waals surface area contributed by atoms with E-state index >= 15 is 0 Å². The summed E-state index contributed by atoms with van der Waals surface area (Å²) in [4.78, 5) is 10.1. The first kappa shape index (κ1) is 19.5. The molecule has 5 heteroatoms. The van der Waals surface area contributed by atoms with E-state index in [1.54, 1.807) is 0 Å². The highest BCUT2D eigenvalue weighted by Gasteiger charge is 2.22. The summed E-state index contributed by atoms with van der Waals surface area (Å²) in [5.74, 6) is 1.01. The van der Waals surface area contributed by atoms with Crippen molar-refractivity contribution in [1.82, 2.24) is 20.4 Å². The van der Waals surface area contributed by atoms with Crippen LogP contribution < -0.4 is 10.6 Å². The zero-order valence-electron chi connectivity index (χ0n) is 16.4. The number of guanidine groups is 1. The van der Waals surface area contributed by atoms with Gasteiger partial charge in [0.1, 0.15) is 0 Å². The van der Waals surface area contributed by atoms with E-state index in [0.29, 0.717) is 18.1 Å². The van der Waals surface area contributed by atoms with Crippen LogP contribution in [0.3, 0.4) is 0 Å². The summed E-state index contributed by atoms with van der Waals surface area (Å²) in [6.45, 7) is 15.8. The first-order valence-electron chi connectivity index (χ1n) is 10.2. The van der Waals surface area contributed by atoms with Gasteiger partial charge >= 0.3 is 0 Å². The van der Waals surface area contributed by atoms with E-state index in [0.717, 1.165) is 19.0 Å². The molecule has 0 spiro atoms. The van der Waals surface area contributed by atoms with Gasteiger partial charge in [0.05, 0.1) is 6.54 Å². The quantitative estimate of drug-likeness (QED) is 0.552. The van der Waals surface area contributed by atoms with Gasteiger partial charge in [-0.25, -0.2) is 0 Å². The fourth-order valence-electron chi connectivity index (χ4n) is 3.88. The van der Waals surface area contributed by atoms with Crippen molar-refractivity contribution in [3.63, 3.8) is 0 Å². The first-order valence-corrected chi connectivity index (χ1v) is 10.2. The van der Waals surface area contributed by atoms with Crippen LogP contribution in [0, 0.1) is 0 Å². The van der Waals surface area contributed by atoms with E-state index in [9.17, 15) is 0 Å². The monoisotopic (exact) mass is 337 g/mol. The second-order valence-corrected chi connectivity index (χ2v) is 7.57. The molecule has 1 atom stereocenters. The van der Waals surface area contributed by atoms with Crippen molar-refractivity contribution in [3.8, 4) is 0 Å². The second-order valence-electron chi connectivity index (χ2n) is 7.57. The molecule has 0 aromatic carbocycles. The molecule has 2 rings (SSSR count). The van der Waals surface area contributed by atoms with Gasteiger partial charge in [-0.15, -0.1) is 0 Å². The maximum atomic E-state index is 4.92. The third-order valence-electron chi connectivity index (χ3n) is 5.53. The smallest absolute Gasteiger partial charge is 0.191 e. The van der Waals surface area contributed by atoms with Gasteiger partial charge < -0.3 is 15.5 Å². The van der Waals surface area contributed by atoms with Gasteiger partial charge in [0.15, 0.2) is 5.96 Å². The van der Waals surface area contributed by atoms with E-state index in [1.807, 2.05) is 0 Å². The van der Waals surface area contributed by atoms with Crippen LogP contribution in [0.15, 0.2) is 4.99 Å². The summed E-state index contributed by atoms with van der Waals surface area (Å²) < 4.78 is 0. The number of rotatable bonds is 7. The lowest BCUT2D eigenvalue weighted by molar-refractivity contribution is 0.167. The zero-order chi connectivity index (χ0) is 17.4. The minimum absolute atomic E-state index is 0.560. The van der Waals surface area contributed by atoms with Gasteiger partial charge in [0.25, 0.3) is 0 Å². The number of aliphatic imine (C=N–C) groups is 1. The summed E-state index contributed by atoms with van der Waals surface area (Å²) in [5.41, 5.74) is 0. The Morgan fingerprint density at radius 3 is 2.25 bits per heavy atom. The average Bonchev–Trinajstić information content (AvgIpc) is 3.10. The van der Waals surface area contributed by atoms with Crippen LogP contribution in [0.25, 0.3) is 0 Å². The molecule has 0 amide bonds. The van der Waals surface area contributed by atoms with Crippen LogP contribution in [-0.4, -0.2) is 73.2 Å². The maximum absolute atomic E-state index is 4.92. The van der Waals surface area contributed by atoms with E-state index in [4.69, 9.17) is 4.99 Å². The maximum Gasteiger partial charge on any atom is 0.191 e. The van der Waals surface area contributed by atoms with Crippen LogP contribution in [-0.2, 0) is 0 Å². The molecule has 0 saturated carbocycles. The summed E-state index contributed by atoms with van der Waals surface area (Å²) in [6.07, 6.45) is 6.33. The fraction of sp³-hybridized carbons (Fsp3) is 0.947. The van der Waals surface area contributed by atoms with Gasteiger partial charge in [0.2, 0.25) is 0 Å². The molecule has 0 radical (unpaired) electrons. The summed E-state index contributed by atoms with van der Waals surface area (Å²) in [7, 11) is 0. The lowest BCUT2D eigenvalue weighted by Crippen LogP contribution is -2.50. The third-order valence-corrected chi connectivity index (χ3v) is 5.53. The molecule has 5 nitrogen and oxygen atoms in total. The van der Waals surface area contributed by atoms with Crippen LogP contribution in [0.4, 0.5) is 0 Å². The minimum atomic E-state index is 0.560. The predicted molar refractivity (Wildman–Crippen MR) is 104 cm³/mol. The minimum Gasteiger partial charge on any atom is -0.357 e. The SMILES string of the molecule is CCNC(=NCC(CC)N1CCCC1)NC1CCN(C(C)C)CC1. The average molecular weight is 338 g/mol. The molecule has 0 aromatic heterocycles.